The van der Waals surface area contributed by atoms with Crippen LogP contribution in [0, 0.1) is 0 Å². The molecule has 21 heavy (non-hydrogen) atoms. The van der Waals surface area contributed by atoms with Gasteiger partial charge in [-0.2, -0.15) is 0 Å². The van der Waals surface area contributed by atoms with Gasteiger partial charge >= 0.3 is 5.97 Å². The van der Waals surface area contributed by atoms with Gasteiger partial charge in [0.05, 0.1) is 19.8 Å². The van der Waals surface area contributed by atoms with Crippen LogP contribution in [0.4, 0.5) is 0 Å². The standard InChI is InChI=1S/C15H15NO5/c1-19-11-5-2-3-6-12(11)21-14(17)8-9-16-15(18)13-7-4-10-20-13/h2-7,10H,8-9H2,1H3,(H,16,18). The monoisotopic (exact) mass is 289 g/mol. The third-order valence-corrected chi connectivity index (χ3v) is 2.65. The van der Waals surface area contributed by atoms with Crippen LogP contribution in [0.5, 0.6) is 11.5 Å². The summed E-state index contributed by atoms with van der Waals surface area (Å²) in [6, 6.07) is 10.0. The summed E-state index contributed by atoms with van der Waals surface area (Å²) in [5, 5.41) is 2.57. The average Bonchev–Trinajstić information content (AvgIpc) is 3.02. The van der Waals surface area contributed by atoms with Crippen LogP contribution in [0.2, 0.25) is 0 Å². The van der Waals surface area contributed by atoms with E-state index in [-0.39, 0.29) is 24.6 Å². The third kappa shape index (κ3) is 4.10. The number of carbonyl (C=O) groups is 2. The molecule has 0 unspecified atom stereocenters. The van der Waals surface area contributed by atoms with Gasteiger partial charge in [0.1, 0.15) is 0 Å². The molecule has 1 N–H and O–H groups in total. The summed E-state index contributed by atoms with van der Waals surface area (Å²) in [5.74, 6) is 0.199. The van der Waals surface area contributed by atoms with Crippen molar-refractivity contribution in [1.29, 1.82) is 0 Å². The minimum absolute atomic E-state index is 0.0461. The molecule has 0 bridgehead atoms. The first-order valence-corrected chi connectivity index (χ1v) is 6.36. The van der Waals surface area contributed by atoms with Gasteiger partial charge in [0.15, 0.2) is 17.3 Å². The van der Waals surface area contributed by atoms with Gasteiger partial charge in [0.25, 0.3) is 5.91 Å². The predicted octanol–water partition coefficient (Wildman–Crippen LogP) is 2.01. The van der Waals surface area contributed by atoms with E-state index >= 15 is 0 Å². The molecule has 0 atom stereocenters. The fourth-order valence-corrected chi connectivity index (χ4v) is 1.65. The number of methoxy groups -OCH3 is 1. The number of esters is 1. The van der Waals surface area contributed by atoms with Crippen molar-refractivity contribution in [2.24, 2.45) is 0 Å². The zero-order valence-electron chi connectivity index (χ0n) is 11.5. The van der Waals surface area contributed by atoms with Crippen molar-refractivity contribution in [3.8, 4) is 11.5 Å². The summed E-state index contributed by atoms with van der Waals surface area (Å²) >= 11 is 0. The van der Waals surface area contributed by atoms with Crippen molar-refractivity contribution in [2.45, 2.75) is 6.42 Å². The molecule has 6 heteroatoms. The number of ether oxygens (including phenoxy) is 2. The van der Waals surface area contributed by atoms with Gasteiger partial charge in [-0.05, 0) is 24.3 Å². The largest absolute Gasteiger partial charge is 0.493 e. The van der Waals surface area contributed by atoms with Crippen LogP contribution in [0.1, 0.15) is 17.0 Å². The van der Waals surface area contributed by atoms with E-state index in [9.17, 15) is 9.59 Å². The molecule has 1 aromatic heterocycles. The van der Waals surface area contributed by atoms with Crippen molar-refractivity contribution in [3.63, 3.8) is 0 Å². The molecule has 0 radical (unpaired) electrons. The number of hydrogen-bond acceptors (Lipinski definition) is 5. The SMILES string of the molecule is COc1ccccc1OC(=O)CCNC(=O)c1ccco1. The number of rotatable bonds is 6. The maximum absolute atomic E-state index is 11.7. The average molecular weight is 289 g/mol. The number of nitrogens with one attached hydrogen (secondary N) is 1. The lowest BCUT2D eigenvalue weighted by molar-refractivity contribution is -0.134. The van der Waals surface area contributed by atoms with Gasteiger partial charge in [-0.1, -0.05) is 12.1 Å². The second kappa shape index (κ2) is 7.14. The Kier molecular flexibility index (Phi) is 4.98. The molecule has 1 heterocycles. The number of benzene rings is 1. The summed E-state index contributed by atoms with van der Waals surface area (Å²) < 4.78 is 15.2. The van der Waals surface area contributed by atoms with E-state index in [2.05, 4.69) is 5.32 Å². The highest BCUT2D eigenvalue weighted by molar-refractivity contribution is 5.91. The Bertz CT molecular complexity index is 606. The maximum atomic E-state index is 11.7. The molecule has 0 spiro atoms. The molecular formula is C15H15NO5. The lowest BCUT2D eigenvalue weighted by Crippen LogP contribution is -2.26. The summed E-state index contributed by atoms with van der Waals surface area (Å²) in [7, 11) is 1.50. The van der Waals surface area contributed by atoms with Crippen LogP contribution in [-0.4, -0.2) is 25.5 Å². The van der Waals surface area contributed by atoms with Crippen LogP contribution < -0.4 is 14.8 Å². The van der Waals surface area contributed by atoms with E-state index in [0.29, 0.717) is 11.5 Å². The second-order valence-corrected chi connectivity index (χ2v) is 4.11. The van der Waals surface area contributed by atoms with E-state index in [4.69, 9.17) is 13.9 Å². The molecule has 2 rings (SSSR count). The molecule has 1 aromatic carbocycles. The van der Waals surface area contributed by atoms with E-state index in [1.807, 2.05) is 0 Å². The first-order valence-electron chi connectivity index (χ1n) is 6.36. The number of para-hydroxylation sites is 2. The van der Waals surface area contributed by atoms with Gasteiger partial charge in [-0.25, -0.2) is 0 Å². The second-order valence-electron chi connectivity index (χ2n) is 4.11. The fourth-order valence-electron chi connectivity index (χ4n) is 1.65. The van der Waals surface area contributed by atoms with Gasteiger partial charge in [-0.3, -0.25) is 9.59 Å². The van der Waals surface area contributed by atoms with Crippen molar-refractivity contribution in [1.82, 2.24) is 5.32 Å². The van der Waals surface area contributed by atoms with E-state index in [1.54, 1.807) is 36.4 Å². The van der Waals surface area contributed by atoms with E-state index < -0.39 is 5.97 Å². The zero-order valence-corrected chi connectivity index (χ0v) is 11.5. The topological polar surface area (TPSA) is 77.8 Å². The molecule has 0 aliphatic carbocycles. The van der Waals surface area contributed by atoms with Crippen LogP contribution in [0.3, 0.4) is 0 Å². The molecule has 6 nitrogen and oxygen atoms in total. The molecule has 2 aromatic rings. The molecule has 110 valence electrons. The van der Waals surface area contributed by atoms with Gasteiger partial charge in [-0.15, -0.1) is 0 Å². The normalized spacial score (nSPS) is 9.95. The third-order valence-electron chi connectivity index (χ3n) is 2.65. The van der Waals surface area contributed by atoms with Gasteiger partial charge < -0.3 is 19.2 Å². The Morgan fingerprint density at radius 3 is 2.57 bits per heavy atom. The quantitative estimate of drug-likeness (QED) is 0.650. The van der Waals surface area contributed by atoms with Crippen LogP contribution in [0.25, 0.3) is 0 Å². The number of hydrogen-bond donors (Lipinski definition) is 1. The minimum atomic E-state index is -0.459. The summed E-state index contributed by atoms with van der Waals surface area (Å²) in [6.45, 7) is 0.160. The molecule has 0 aliphatic rings. The van der Waals surface area contributed by atoms with Crippen LogP contribution >= 0.6 is 0 Å². The molecule has 0 saturated carbocycles. The van der Waals surface area contributed by atoms with Crippen LogP contribution in [0.15, 0.2) is 47.1 Å². The Morgan fingerprint density at radius 2 is 1.90 bits per heavy atom. The van der Waals surface area contributed by atoms with Crippen molar-refractivity contribution < 1.29 is 23.5 Å². The Balaban J connectivity index is 1.79. The number of carbonyl (C=O) groups excluding carboxylic acids is 2. The molecule has 0 fully saturated rings. The molecule has 1 amide bonds. The molecular weight excluding hydrogens is 274 g/mol. The summed E-state index contributed by atoms with van der Waals surface area (Å²) in [5.41, 5.74) is 0. The summed E-state index contributed by atoms with van der Waals surface area (Å²) in [6.07, 6.45) is 1.45. The molecule has 0 aliphatic heterocycles. The highest BCUT2D eigenvalue weighted by Crippen LogP contribution is 2.25. The predicted molar refractivity (Wildman–Crippen MR) is 74.3 cm³/mol. The van der Waals surface area contributed by atoms with Crippen LogP contribution in [-0.2, 0) is 4.79 Å². The highest BCUT2D eigenvalue weighted by Gasteiger charge is 2.11. The van der Waals surface area contributed by atoms with Crippen molar-refractivity contribution >= 4 is 11.9 Å². The number of amides is 1. The smallest absolute Gasteiger partial charge is 0.313 e. The van der Waals surface area contributed by atoms with Crippen molar-refractivity contribution in [2.75, 3.05) is 13.7 Å². The first kappa shape index (κ1) is 14.6. The Labute approximate surface area is 121 Å². The highest BCUT2D eigenvalue weighted by atomic mass is 16.6. The Hall–Kier alpha value is -2.76. The van der Waals surface area contributed by atoms with Gasteiger partial charge in [0, 0.05) is 6.54 Å². The number of furan rings is 1. The minimum Gasteiger partial charge on any atom is -0.493 e. The lowest BCUT2D eigenvalue weighted by Gasteiger charge is -2.08. The summed E-state index contributed by atoms with van der Waals surface area (Å²) in [4.78, 5) is 23.3. The lowest BCUT2D eigenvalue weighted by atomic mass is 10.3. The molecule has 0 saturated heterocycles. The fraction of sp³-hybridized carbons (Fsp3) is 0.200. The van der Waals surface area contributed by atoms with Gasteiger partial charge in [0.2, 0.25) is 0 Å². The Morgan fingerprint density at radius 1 is 1.14 bits per heavy atom. The zero-order chi connectivity index (χ0) is 15.1. The van der Waals surface area contributed by atoms with Crippen molar-refractivity contribution in [3.05, 3.63) is 48.4 Å². The maximum Gasteiger partial charge on any atom is 0.313 e. The first-order chi connectivity index (χ1) is 10.2. The van der Waals surface area contributed by atoms with E-state index in [0.717, 1.165) is 0 Å². The van der Waals surface area contributed by atoms with E-state index in [1.165, 1.54) is 13.4 Å².